The van der Waals surface area contributed by atoms with E-state index in [1.54, 1.807) is 6.92 Å². The van der Waals surface area contributed by atoms with Gasteiger partial charge in [-0.05, 0) is 34.6 Å². The first-order valence-electron chi connectivity index (χ1n) is 11.7. The number of ether oxygens (including phenoxy) is 1. The molecule has 1 saturated heterocycles. The molecule has 4 unspecified atom stereocenters. The Morgan fingerprint density at radius 1 is 1.09 bits per heavy atom. The summed E-state index contributed by atoms with van der Waals surface area (Å²) in [6, 6.07) is 14.6. The molecule has 1 heterocycles. The predicted molar refractivity (Wildman–Crippen MR) is 122 cm³/mol. The maximum atomic E-state index is 14.4. The van der Waals surface area contributed by atoms with Crippen molar-refractivity contribution in [3.63, 3.8) is 0 Å². The van der Waals surface area contributed by atoms with Crippen LogP contribution in [-0.2, 0) is 14.3 Å². The molecule has 1 aliphatic heterocycles. The SMILES string of the molecule is CC1CCN(C(=O)C2C(CNC(=O)OCC3c4ccccc4-c4ccccc43)C2(F)F)C1C(=O)O. The van der Waals surface area contributed by atoms with Gasteiger partial charge in [-0.15, -0.1) is 0 Å². The van der Waals surface area contributed by atoms with Gasteiger partial charge in [0.2, 0.25) is 5.91 Å². The van der Waals surface area contributed by atoms with Crippen molar-refractivity contribution < 1.29 is 33.0 Å². The molecule has 35 heavy (non-hydrogen) atoms. The van der Waals surface area contributed by atoms with Gasteiger partial charge < -0.3 is 20.1 Å². The van der Waals surface area contributed by atoms with Gasteiger partial charge in [-0.3, -0.25) is 4.79 Å². The lowest BCUT2D eigenvalue weighted by atomic mass is 9.98. The molecule has 2 aromatic rings. The van der Waals surface area contributed by atoms with E-state index >= 15 is 0 Å². The molecule has 2 fully saturated rings. The number of likely N-dealkylation sites (tertiary alicyclic amines) is 1. The number of fused-ring (bicyclic) bond motifs is 3. The molecule has 2 aromatic carbocycles. The highest BCUT2D eigenvalue weighted by atomic mass is 19.3. The summed E-state index contributed by atoms with van der Waals surface area (Å²) in [5.74, 6) is -8.85. The molecular weight excluding hydrogens is 458 g/mol. The molecule has 0 aromatic heterocycles. The highest BCUT2D eigenvalue weighted by Crippen LogP contribution is 2.56. The van der Waals surface area contributed by atoms with Crippen molar-refractivity contribution in [2.75, 3.05) is 19.7 Å². The average Bonchev–Trinajstić information content (AvgIpc) is 3.11. The van der Waals surface area contributed by atoms with Crippen molar-refractivity contribution in [1.82, 2.24) is 10.2 Å². The molecule has 184 valence electrons. The fourth-order valence-corrected chi connectivity index (χ4v) is 5.57. The van der Waals surface area contributed by atoms with Crippen molar-refractivity contribution in [1.29, 1.82) is 0 Å². The van der Waals surface area contributed by atoms with Crippen LogP contribution in [0.5, 0.6) is 0 Å². The van der Waals surface area contributed by atoms with Crippen LogP contribution in [0.2, 0.25) is 0 Å². The van der Waals surface area contributed by atoms with Gasteiger partial charge in [0, 0.05) is 19.0 Å². The zero-order valence-corrected chi connectivity index (χ0v) is 19.1. The molecule has 2 amide bonds. The molecule has 2 N–H and O–H groups in total. The summed E-state index contributed by atoms with van der Waals surface area (Å²) in [5.41, 5.74) is 4.22. The number of benzene rings is 2. The Kier molecular flexibility index (Phi) is 5.73. The molecule has 0 spiro atoms. The Labute approximate surface area is 201 Å². The standard InChI is InChI=1S/C26H26F2N2O5/c1-14-10-11-30(22(14)24(32)33)23(31)21-20(26(21,27)28)12-29-25(34)35-13-19-17-8-4-2-6-15(17)16-7-3-5-9-18(16)19/h2-9,14,19-22H,10-13H2,1H3,(H,29,34)(H,32,33). The van der Waals surface area contributed by atoms with Gasteiger partial charge in [-0.2, -0.15) is 0 Å². The molecule has 2 aliphatic carbocycles. The van der Waals surface area contributed by atoms with E-state index in [2.05, 4.69) is 5.32 Å². The van der Waals surface area contributed by atoms with E-state index < -0.39 is 48.3 Å². The van der Waals surface area contributed by atoms with E-state index in [1.165, 1.54) is 0 Å². The molecule has 9 heteroatoms. The molecule has 0 radical (unpaired) electrons. The van der Waals surface area contributed by atoms with Crippen LogP contribution in [0.3, 0.4) is 0 Å². The maximum absolute atomic E-state index is 14.4. The van der Waals surface area contributed by atoms with Crippen molar-refractivity contribution in [2.45, 2.75) is 31.2 Å². The van der Waals surface area contributed by atoms with Gasteiger partial charge in [0.05, 0.1) is 5.92 Å². The predicted octanol–water partition coefficient (Wildman–Crippen LogP) is 3.73. The summed E-state index contributed by atoms with van der Waals surface area (Å²) in [6.07, 6.45) is -0.386. The maximum Gasteiger partial charge on any atom is 0.407 e. The van der Waals surface area contributed by atoms with Gasteiger partial charge in [0.15, 0.2) is 0 Å². The van der Waals surface area contributed by atoms with Crippen LogP contribution < -0.4 is 5.32 Å². The third-order valence-electron chi connectivity index (χ3n) is 7.51. The Morgan fingerprint density at radius 2 is 1.69 bits per heavy atom. The number of rotatable bonds is 6. The number of amides is 2. The molecule has 3 aliphatic rings. The summed E-state index contributed by atoms with van der Waals surface area (Å²) in [5, 5.41) is 11.8. The number of carbonyl (C=O) groups is 3. The van der Waals surface area contributed by atoms with Gasteiger partial charge in [0.1, 0.15) is 18.6 Å². The molecule has 1 saturated carbocycles. The number of hydrogen-bond acceptors (Lipinski definition) is 4. The third-order valence-corrected chi connectivity index (χ3v) is 7.51. The summed E-state index contributed by atoms with van der Waals surface area (Å²) in [6.45, 7) is 1.44. The number of hydrogen-bond donors (Lipinski definition) is 2. The molecule has 0 bridgehead atoms. The molecular formula is C26H26F2N2O5. The Morgan fingerprint density at radius 3 is 2.29 bits per heavy atom. The van der Waals surface area contributed by atoms with Crippen molar-refractivity contribution in [2.24, 2.45) is 17.8 Å². The van der Waals surface area contributed by atoms with Crippen LogP contribution in [-0.4, -0.2) is 59.6 Å². The summed E-state index contributed by atoms with van der Waals surface area (Å²) >= 11 is 0. The quantitative estimate of drug-likeness (QED) is 0.652. The summed E-state index contributed by atoms with van der Waals surface area (Å²) in [7, 11) is 0. The minimum atomic E-state index is -3.30. The summed E-state index contributed by atoms with van der Waals surface area (Å²) in [4.78, 5) is 37.6. The van der Waals surface area contributed by atoms with Crippen molar-refractivity contribution in [3.8, 4) is 11.1 Å². The van der Waals surface area contributed by atoms with Crippen LogP contribution in [0.25, 0.3) is 11.1 Å². The van der Waals surface area contributed by atoms with Gasteiger partial charge >= 0.3 is 12.1 Å². The average molecular weight is 484 g/mol. The topological polar surface area (TPSA) is 95.9 Å². The highest BCUT2D eigenvalue weighted by molar-refractivity contribution is 5.89. The Hall–Kier alpha value is -3.49. The normalized spacial score (nSPS) is 26.1. The zero-order valence-electron chi connectivity index (χ0n) is 19.1. The van der Waals surface area contributed by atoms with Crippen LogP contribution in [0, 0.1) is 17.8 Å². The fraction of sp³-hybridized carbons (Fsp3) is 0.423. The third kappa shape index (κ3) is 3.92. The van der Waals surface area contributed by atoms with E-state index in [-0.39, 0.29) is 25.0 Å². The first kappa shape index (κ1) is 23.3. The van der Waals surface area contributed by atoms with Crippen LogP contribution in [0.4, 0.5) is 13.6 Å². The molecule has 4 atom stereocenters. The molecule has 5 rings (SSSR count). The number of alkyl carbamates (subject to hydrolysis) is 1. The zero-order chi connectivity index (χ0) is 24.9. The van der Waals surface area contributed by atoms with E-state index in [0.29, 0.717) is 6.42 Å². The number of carboxylic acid groups (broad SMARTS) is 1. The summed E-state index contributed by atoms with van der Waals surface area (Å²) < 4.78 is 34.2. The van der Waals surface area contributed by atoms with Gasteiger partial charge in [-0.1, -0.05) is 55.5 Å². The second-order valence-corrected chi connectivity index (χ2v) is 9.55. The van der Waals surface area contributed by atoms with Gasteiger partial charge in [0.25, 0.3) is 5.92 Å². The van der Waals surface area contributed by atoms with E-state index in [1.807, 2.05) is 48.5 Å². The lowest BCUT2D eigenvalue weighted by molar-refractivity contribution is -0.150. The number of carboxylic acids is 1. The van der Waals surface area contributed by atoms with Crippen molar-refractivity contribution in [3.05, 3.63) is 59.7 Å². The fourth-order valence-electron chi connectivity index (χ4n) is 5.57. The number of nitrogens with zero attached hydrogens (tertiary/aromatic N) is 1. The Balaban J connectivity index is 1.18. The lowest BCUT2D eigenvalue weighted by Gasteiger charge is -2.23. The smallest absolute Gasteiger partial charge is 0.407 e. The first-order chi connectivity index (χ1) is 16.7. The van der Waals surface area contributed by atoms with Crippen LogP contribution in [0.15, 0.2) is 48.5 Å². The second-order valence-electron chi connectivity index (χ2n) is 9.55. The highest BCUT2D eigenvalue weighted by Gasteiger charge is 2.73. The van der Waals surface area contributed by atoms with Crippen LogP contribution >= 0.6 is 0 Å². The number of halogens is 2. The van der Waals surface area contributed by atoms with Crippen LogP contribution in [0.1, 0.15) is 30.4 Å². The first-order valence-corrected chi connectivity index (χ1v) is 11.7. The van der Waals surface area contributed by atoms with E-state index in [9.17, 15) is 28.3 Å². The number of alkyl halides is 2. The monoisotopic (exact) mass is 484 g/mol. The Bertz CT molecular complexity index is 1140. The number of carbonyl (C=O) groups excluding carboxylic acids is 2. The van der Waals surface area contributed by atoms with E-state index in [0.717, 1.165) is 27.2 Å². The minimum absolute atomic E-state index is 0.0508. The van der Waals surface area contributed by atoms with Crippen molar-refractivity contribution >= 4 is 18.0 Å². The second kappa shape index (κ2) is 8.62. The number of aliphatic carboxylic acids is 1. The largest absolute Gasteiger partial charge is 0.480 e. The van der Waals surface area contributed by atoms with Gasteiger partial charge in [-0.25, -0.2) is 18.4 Å². The minimum Gasteiger partial charge on any atom is -0.480 e. The number of nitrogens with one attached hydrogen (secondary N) is 1. The lowest BCUT2D eigenvalue weighted by Crippen LogP contribution is -2.44. The van der Waals surface area contributed by atoms with E-state index in [4.69, 9.17) is 4.74 Å². The molecule has 7 nitrogen and oxygen atoms in total.